The number of carboxylic acid groups (broad SMARTS) is 2. The molecule has 0 aliphatic heterocycles. The fourth-order valence-corrected chi connectivity index (χ4v) is 3.26. The fourth-order valence-electron chi connectivity index (χ4n) is 2.73. The van der Waals surface area contributed by atoms with E-state index >= 15 is 0 Å². The number of aromatic carboxylic acids is 1. The number of thiophene rings is 1. The van der Waals surface area contributed by atoms with Gasteiger partial charge in [-0.15, -0.1) is 11.3 Å². The predicted molar refractivity (Wildman–Crippen MR) is 119 cm³/mol. The molecule has 0 bridgehead atoms. The third-order valence-corrected chi connectivity index (χ3v) is 5.13. The Balaban J connectivity index is 0.000000456. The summed E-state index contributed by atoms with van der Waals surface area (Å²) in [7, 11) is 0. The first-order chi connectivity index (χ1) is 14.4. The average Bonchev–Trinajstić information content (AvgIpc) is 3.35. The van der Waals surface area contributed by atoms with Gasteiger partial charge in [-0.05, 0) is 48.6 Å². The highest BCUT2D eigenvalue weighted by Gasteiger charge is 2.10. The van der Waals surface area contributed by atoms with E-state index in [2.05, 4.69) is 36.3 Å². The lowest BCUT2D eigenvalue weighted by molar-refractivity contribution is -0.131. The van der Waals surface area contributed by atoms with Gasteiger partial charge < -0.3 is 14.8 Å². The summed E-state index contributed by atoms with van der Waals surface area (Å²) in [6.45, 7) is 4.71. The van der Waals surface area contributed by atoms with Gasteiger partial charge in [0, 0.05) is 23.9 Å². The second kappa shape index (κ2) is 11.7. The van der Waals surface area contributed by atoms with Crippen molar-refractivity contribution in [2.75, 3.05) is 0 Å². The molecule has 0 fully saturated rings. The van der Waals surface area contributed by atoms with Gasteiger partial charge in [-0.1, -0.05) is 31.5 Å². The van der Waals surface area contributed by atoms with Crippen LogP contribution in [0.5, 0.6) is 0 Å². The van der Waals surface area contributed by atoms with Gasteiger partial charge in [-0.2, -0.15) is 0 Å². The number of imidazole rings is 1. The van der Waals surface area contributed by atoms with Crippen molar-refractivity contribution in [3.8, 4) is 0 Å². The Bertz CT molecular complexity index is 973. The lowest BCUT2D eigenvalue weighted by Gasteiger charge is -2.11. The van der Waals surface area contributed by atoms with E-state index in [-0.39, 0.29) is 5.56 Å². The molecule has 0 spiro atoms. The molecule has 2 N–H and O–H groups in total. The number of aromatic nitrogens is 2. The van der Waals surface area contributed by atoms with Crippen LogP contribution in [0.25, 0.3) is 6.08 Å². The van der Waals surface area contributed by atoms with Crippen molar-refractivity contribution in [3.05, 3.63) is 81.6 Å². The van der Waals surface area contributed by atoms with E-state index in [9.17, 15) is 9.59 Å². The number of carbonyl (C=O) groups is 2. The monoisotopic (exact) mass is 426 g/mol. The number of rotatable bonds is 8. The maximum absolute atomic E-state index is 10.9. The minimum absolute atomic E-state index is 0.238. The summed E-state index contributed by atoms with van der Waals surface area (Å²) in [5.41, 5.74) is 1.88. The molecule has 2 heterocycles. The van der Waals surface area contributed by atoms with Crippen molar-refractivity contribution in [2.45, 2.75) is 39.7 Å². The number of benzene rings is 1. The van der Waals surface area contributed by atoms with Crippen LogP contribution in [0, 0.1) is 6.92 Å². The molecule has 3 rings (SSSR count). The Kier molecular flexibility index (Phi) is 9.03. The van der Waals surface area contributed by atoms with Crippen LogP contribution in [0.15, 0.2) is 54.1 Å². The van der Waals surface area contributed by atoms with Crippen molar-refractivity contribution < 1.29 is 19.8 Å². The highest BCUT2D eigenvalue weighted by atomic mass is 32.1. The minimum atomic E-state index is -1.01. The summed E-state index contributed by atoms with van der Waals surface area (Å²) in [6.07, 6.45) is 7.12. The van der Waals surface area contributed by atoms with Crippen molar-refractivity contribution in [1.29, 1.82) is 0 Å². The number of aliphatic carboxylic acids is 1. The zero-order valence-corrected chi connectivity index (χ0v) is 17.9. The lowest BCUT2D eigenvalue weighted by atomic mass is 10.1. The summed E-state index contributed by atoms with van der Waals surface area (Å²) >= 11 is 1.78. The molecule has 0 unspecified atom stereocenters. The normalized spacial score (nSPS) is 10.6. The predicted octanol–water partition coefficient (Wildman–Crippen LogP) is 5.13. The molecule has 3 aromatic rings. The number of aryl methyl sites for hydroxylation is 2. The molecule has 0 saturated heterocycles. The van der Waals surface area contributed by atoms with Crippen LogP contribution in [-0.2, 0) is 17.8 Å². The molecule has 30 heavy (non-hydrogen) atoms. The quantitative estimate of drug-likeness (QED) is 0.487. The van der Waals surface area contributed by atoms with Crippen LogP contribution in [0.4, 0.5) is 0 Å². The van der Waals surface area contributed by atoms with Gasteiger partial charge in [0.15, 0.2) is 0 Å². The van der Waals surface area contributed by atoms with Crippen molar-refractivity contribution >= 4 is 29.4 Å². The molecule has 0 aliphatic carbocycles. The van der Waals surface area contributed by atoms with Crippen molar-refractivity contribution in [2.24, 2.45) is 0 Å². The van der Waals surface area contributed by atoms with E-state index in [0.29, 0.717) is 12.2 Å². The number of unbranched alkanes of at least 4 members (excludes halogenated alkanes) is 1. The van der Waals surface area contributed by atoms with E-state index in [1.807, 2.05) is 4.57 Å². The second-order valence-corrected chi connectivity index (χ2v) is 7.84. The van der Waals surface area contributed by atoms with Gasteiger partial charge in [0.1, 0.15) is 5.82 Å². The van der Waals surface area contributed by atoms with Gasteiger partial charge in [0.25, 0.3) is 0 Å². The standard InChI is InChI=1S/C18H20N2O4.C5H6S/c1-2-3-4-16-19-11-15(9-10-17(21)22)20(16)12-13-5-7-14(8-6-13)18(23)24;1-5-3-2-4-6-5/h5-11H,2-4,12H2,1H3,(H,21,22)(H,23,24);2-4H,1H3/b10-9+;. The smallest absolute Gasteiger partial charge is 0.335 e. The number of nitrogens with zero attached hydrogens (tertiary/aromatic N) is 2. The first kappa shape index (κ1) is 23.1. The lowest BCUT2D eigenvalue weighted by Crippen LogP contribution is -2.08. The molecule has 0 amide bonds. The van der Waals surface area contributed by atoms with Gasteiger partial charge in [0.2, 0.25) is 0 Å². The van der Waals surface area contributed by atoms with E-state index in [4.69, 9.17) is 10.2 Å². The number of hydrogen-bond donors (Lipinski definition) is 2. The van der Waals surface area contributed by atoms with Crippen molar-refractivity contribution in [3.63, 3.8) is 0 Å². The molecule has 7 heteroatoms. The maximum atomic E-state index is 10.9. The highest BCUT2D eigenvalue weighted by molar-refractivity contribution is 7.09. The van der Waals surface area contributed by atoms with E-state index < -0.39 is 11.9 Å². The SMILES string of the molecule is CCCCc1ncc(/C=C/C(=O)O)n1Cc1ccc(C(=O)O)cc1.Cc1cccs1. The molecule has 0 radical (unpaired) electrons. The Labute approximate surface area is 180 Å². The number of carboxylic acids is 2. The number of hydrogen-bond acceptors (Lipinski definition) is 4. The topological polar surface area (TPSA) is 92.4 Å². The van der Waals surface area contributed by atoms with E-state index in [0.717, 1.165) is 36.7 Å². The average molecular weight is 427 g/mol. The molecular formula is C23H26N2O4S. The zero-order chi connectivity index (χ0) is 21.9. The van der Waals surface area contributed by atoms with Crippen molar-refractivity contribution in [1.82, 2.24) is 9.55 Å². The summed E-state index contributed by atoms with van der Waals surface area (Å²) < 4.78 is 1.96. The Morgan fingerprint density at radius 2 is 1.90 bits per heavy atom. The van der Waals surface area contributed by atoms with Crippen LogP contribution in [0.1, 0.15) is 52.1 Å². The van der Waals surface area contributed by atoms with Crippen LogP contribution < -0.4 is 0 Å². The van der Waals surface area contributed by atoms with Crippen LogP contribution in [-0.4, -0.2) is 31.7 Å². The summed E-state index contributed by atoms with van der Waals surface area (Å²) in [5.74, 6) is -1.08. The molecule has 0 saturated carbocycles. The van der Waals surface area contributed by atoms with Gasteiger partial charge >= 0.3 is 11.9 Å². The molecule has 1 aromatic carbocycles. The van der Waals surface area contributed by atoms with Gasteiger partial charge in [-0.3, -0.25) is 0 Å². The molecule has 158 valence electrons. The summed E-state index contributed by atoms with van der Waals surface area (Å²) in [6, 6.07) is 10.8. The largest absolute Gasteiger partial charge is 0.478 e. The van der Waals surface area contributed by atoms with Gasteiger partial charge in [-0.25, -0.2) is 14.6 Å². The third kappa shape index (κ3) is 7.33. The van der Waals surface area contributed by atoms with E-state index in [1.54, 1.807) is 41.8 Å². The van der Waals surface area contributed by atoms with Crippen LogP contribution >= 0.6 is 11.3 Å². The Morgan fingerprint density at radius 1 is 1.17 bits per heavy atom. The molecule has 6 nitrogen and oxygen atoms in total. The first-order valence-corrected chi connectivity index (χ1v) is 10.6. The fraction of sp³-hybridized carbons (Fsp3) is 0.261. The molecule has 0 aliphatic rings. The molecule has 2 aromatic heterocycles. The molecular weight excluding hydrogens is 400 g/mol. The maximum Gasteiger partial charge on any atom is 0.335 e. The summed E-state index contributed by atoms with van der Waals surface area (Å²) in [4.78, 5) is 27.5. The van der Waals surface area contributed by atoms with Crippen LogP contribution in [0.3, 0.4) is 0 Å². The second-order valence-electron chi connectivity index (χ2n) is 6.69. The minimum Gasteiger partial charge on any atom is -0.478 e. The Hall–Kier alpha value is -3.19. The van der Waals surface area contributed by atoms with E-state index in [1.165, 1.54) is 11.0 Å². The third-order valence-electron chi connectivity index (χ3n) is 4.32. The zero-order valence-electron chi connectivity index (χ0n) is 17.1. The first-order valence-electron chi connectivity index (χ1n) is 9.68. The van der Waals surface area contributed by atoms with Crippen LogP contribution in [0.2, 0.25) is 0 Å². The summed E-state index contributed by atoms with van der Waals surface area (Å²) in [5, 5.41) is 19.9. The Morgan fingerprint density at radius 3 is 2.40 bits per heavy atom. The highest BCUT2D eigenvalue weighted by Crippen LogP contribution is 2.15. The molecule has 0 atom stereocenters. The van der Waals surface area contributed by atoms with Gasteiger partial charge in [0.05, 0.1) is 17.5 Å².